The van der Waals surface area contributed by atoms with E-state index in [0.717, 1.165) is 13.0 Å². The first-order valence-electron chi connectivity index (χ1n) is 6.11. The van der Waals surface area contributed by atoms with Gasteiger partial charge in [-0.3, -0.25) is 4.40 Å². The van der Waals surface area contributed by atoms with E-state index in [1.54, 1.807) is 6.20 Å². The molecule has 96 valence electrons. The molecule has 4 rings (SSSR count). The maximum atomic E-state index is 5.32. The first-order valence-corrected chi connectivity index (χ1v) is 6.11. The molecule has 1 aliphatic rings. The molecule has 1 fully saturated rings. The van der Waals surface area contributed by atoms with Gasteiger partial charge in [-0.1, -0.05) is 5.16 Å². The molecule has 0 aliphatic carbocycles. The fourth-order valence-electron chi connectivity index (χ4n) is 2.18. The zero-order chi connectivity index (χ0) is 12.7. The highest BCUT2D eigenvalue weighted by molar-refractivity contribution is 5.51. The normalized spacial score (nSPS) is 19.3. The number of rotatable bonds is 2. The summed E-state index contributed by atoms with van der Waals surface area (Å²) < 4.78 is 12.4. The van der Waals surface area contributed by atoms with Gasteiger partial charge in [0.2, 0.25) is 5.78 Å². The molecule has 0 saturated carbocycles. The van der Waals surface area contributed by atoms with Gasteiger partial charge in [0.25, 0.3) is 5.89 Å². The molecule has 1 saturated heterocycles. The third-order valence-corrected chi connectivity index (χ3v) is 3.19. The number of hydrogen-bond donors (Lipinski definition) is 0. The Morgan fingerprint density at radius 3 is 3.16 bits per heavy atom. The molecule has 0 N–H and O–H groups in total. The van der Waals surface area contributed by atoms with Crippen LogP contribution in [0.15, 0.2) is 29.2 Å². The minimum absolute atomic E-state index is 0.229. The lowest BCUT2D eigenvalue weighted by Gasteiger charge is -1.97. The summed E-state index contributed by atoms with van der Waals surface area (Å²) in [5.74, 6) is 1.96. The molecule has 7 nitrogen and oxygen atoms in total. The van der Waals surface area contributed by atoms with Gasteiger partial charge in [-0.25, -0.2) is 9.97 Å². The Balaban J connectivity index is 1.71. The van der Waals surface area contributed by atoms with Gasteiger partial charge in [-0.2, -0.15) is 4.98 Å². The van der Waals surface area contributed by atoms with Gasteiger partial charge in [0.05, 0.1) is 6.61 Å². The van der Waals surface area contributed by atoms with E-state index < -0.39 is 0 Å². The van der Waals surface area contributed by atoms with E-state index >= 15 is 0 Å². The molecule has 0 radical (unpaired) electrons. The number of hydrogen-bond acceptors (Lipinski definition) is 6. The van der Waals surface area contributed by atoms with Gasteiger partial charge in [0.15, 0.2) is 5.82 Å². The zero-order valence-electron chi connectivity index (χ0n) is 10.1. The summed E-state index contributed by atoms with van der Waals surface area (Å²) in [6.07, 6.45) is 6.33. The summed E-state index contributed by atoms with van der Waals surface area (Å²) >= 11 is 0. The first kappa shape index (κ1) is 10.6. The Morgan fingerprint density at radius 1 is 1.32 bits per heavy atom. The fourth-order valence-corrected chi connectivity index (χ4v) is 2.18. The first-order chi connectivity index (χ1) is 9.40. The van der Waals surface area contributed by atoms with Crippen LogP contribution in [0.2, 0.25) is 0 Å². The van der Waals surface area contributed by atoms with Gasteiger partial charge < -0.3 is 9.26 Å². The van der Waals surface area contributed by atoms with Crippen LogP contribution < -0.4 is 0 Å². The molecular weight excluding hydrogens is 246 g/mol. The number of imidazole rings is 1. The molecule has 3 aromatic heterocycles. The van der Waals surface area contributed by atoms with Crippen molar-refractivity contribution in [2.75, 3.05) is 13.2 Å². The van der Waals surface area contributed by atoms with Crippen molar-refractivity contribution in [3.8, 4) is 11.6 Å². The molecule has 0 bridgehead atoms. The van der Waals surface area contributed by atoms with Crippen molar-refractivity contribution in [1.82, 2.24) is 24.5 Å². The number of ether oxygens (including phenoxy) is 1. The number of aromatic nitrogens is 5. The van der Waals surface area contributed by atoms with Crippen LogP contribution in [-0.4, -0.2) is 37.7 Å². The molecule has 0 aromatic carbocycles. The van der Waals surface area contributed by atoms with Gasteiger partial charge in [0, 0.05) is 31.1 Å². The molecular formula is C12H11N5O2. The third-order valence-electron chi connectivity index (χ3n) is 3.19. The summed E-state index contributed by atoms with van der Waals surface area (Å²) in [5, 5.41) is 4.01. The molecule has 1 atom stereocenters. The minimum Gasteiger partial charge on any atom is -0.381 e. The summed E-state index contributed by atoms with van der Waals surface area (Å²) in [5.41, 5.74) is 0.636. The van der Waals surface area contributed by atoms with Gasteiger partial charge in [-0.15, -0.1) is 0 Å². The van der Waals surface area contributed by atoms with Crippen molar-refractivity contribution in [3.63, 3.8) is 0 Å². The highest BCUT2D eigenvalue weighted by atomic mass is 16.5. The summed E-state index contributed by atoms with van der Waals surface area (Å²) in [4.78, 5) is 12.9. The number of nitrogens with zero attached hydrogens (tertiary/aromatic N) is 5. The van der Waals surface area contributed by atoms with Gasteiger partial charge in [-0.05, 0) is 12.5 Å². The molecule has 4 heterocycles. The van der Waals surface area contributed by atoms with Gasteiger partial charge >= 0.3 is 0 Å². The smallest absolute Gasteiger partial charge is 0.278 e. The lowest BCUT2D eigenvalue weighted by Crippen LogP contribution is -1.99. The van der Waals surface area contributed by atoms with Crippen LogP contribution in [0.5, 0.6) is 0 Å². The van der Waals surface area contributed by atoms with Crippen molar-refractivity contribution in [2.45, 2.75) is 12.3 Å². The molecule has 1 unspecified atom stereocenters. The highest BCUT2D eigenvalue weighted by Gasteiger charge is 2.24. The average molecular weight is 257 g/mol. The summed E-state index contributed by atoms with van der Waals surface area (Å²) in [6, 6.07) is 1.84. The Kier molecular flexibility index (Phi) is 2.31. The van der Waals surface area contributed by atoms with Crippen molar-refractivity contribution >= 4 is 5.78 Å². The Morgan fingerprint density at radius 2 is 2.32 bits per heavy atom. The Labute approximate surface area is 108 Å². The van der Waals surface area contributed by atoms with E-state index in [-0.39, 0.29) is 5.92 Å². The second kappa shape index (κ2) is 4.13. The van der Waals surface area contributed by atoms with E-state index in [9.17, 15) is 0 Å². The van der Waals surface area contributed by atoms with Crippen LogP contribution in [-0.2, 0) is 4.74 Å². The average Bonchev–Trinajstić information content (AvgIpc) is 3.17. The van der Waals surface area contributed by atoms with Crippen molar-refractivity contribution in [2.24, 2.45) is 0 Å². The van der Waals surface area contributed by atoms with E-state index in [2.05, 4.69) is 20.1 Å². The Hall–Kier alpha value is -2.28. The topological polar surface area (TPSA) is 78.3 Å². The van der Waals surface area contributed by atoms with E-state index in [1.165, 1.54) is 0 Å². The lowest BCUT2D eigenvalue weighted by atomic mass is 10.1. The monoisotopic (exact) mass is 257 g/mol. The standard InChI is InChI=1S/C12H11N5O2/c1-3-13-12-14-9(6-17(12)4-1)11-15-10(16-19-11)8-2-5-18-7-8/h1,3-4,6,8H,2,5,7H2. The maximum Gasteiger partial charge on any atom is 0.278 e. The quantitative estimate of drug-likeness (QED) is 0.688. The zero-order valence-corrected chi connectivity index (χ0v) is 10.1. The number of fused-ring (bicyclic) bond motifs is 1. The van der Waals surface area contributed by atoms with Crippen LogP contribution in [0.3, 0.4) is 0 Å². The second-order valence-corrected chi connectivity index (χ2v) is 4.47. The lowest BCUT2D eigenvalue weighted by molar-refractivity contribution is 0.192. The van der Waals surface area contributed by atoms with Crippen molar-refractivity contribution in [1.29, 1.82) is 0 Å². The van der Waals surface area contributed by atoms with Crippen molar-refractivity contribution in [3.05, 3.63) is 30.5 Å². The summed E-state index contributed by atoms with van der Waals surface area (Å²) in [6.45, 7) is 1.42. The SMILES string of the molecule is c1cnc2nc(-c3nc(C4CCOC4)no3)cn2c1. The largest absolute Gasteiger partial charge is 0.381 e. The fraction of sp³-hybridized carbons (Fsp3) is 0.333. The van der Waals surface area contributed by atoms with Crippen LogP contribution in [0.1, 0.15) is 18.2 Å². The predicted molar refractivity (Wildman–Crippen MR) is 64.5 cm³/mol. The molecule has 1 aliphatic heterocycles. The molecule has 19 heavy (non-hydrogen) atoms. The van der Waals surface area contributed by atoms with E-state index in [4.69, 9.17) is 9.26 Å². The third kappa shape index (κ3) is 1.78. The maximum absolute atomic E-state index is 5.32. The Bertz CT molecular complexity index is 681. The molecule has 3 aromatic rings. The van der Waals surface area contributed by atoms with Crippen LogP contribution in [0.4, 0.5) is 0 Å². The predicted octanol–water partition coefficient (Wildman–Crippen LogP) is 1.28. The molecule has 0 spiro atoms. The second-order valence-electron chi connectivity index (χ2n) is 4.47. The molecule has 0 amide bonds. The minimum atomic E-state index is 0.229. The summed E-state index contributed by atoms with van der Waals surface area (Å²) in [7, 11) is 0. The van der Waals surface area contributed by atoms with Crippen LogP contribution >= 0.6 is 0 Å². The highest BCUT2D eigenvalue weighted by Crippen LogP contribution is 2.25. The van der Waals surface area contributed by atoms with Crippen LogP contribution in [0, 0.1) is 0 Å². The molecule has 7 heteroatoms. The van der Waals surface area contributed by atoms with Gasteiger partial charge in [0.1, 0.15) is 5.69 Å². The van der Waals surface area contributed by atoms with E-state index in [1.807, 2.05) is 22.9 Å². The van der Waals surface area contributed by atoms with Crippen molar-refractivity contribution < 1.29 is 9.26 Å². The van der Waals surface area contributed by atoms with Crippen LogP contribution in [0.25, 0.3) is 17.4 Å². The van der Waals surface area contributed by atoms with E-state index in [0.29, 0.717) is 29.8 Å².